The Balaban J connectivity index is 2.23. The van der Waals surface area contributed by atoms with Gasteiger partial charge in [-0.25, -0.2) is 4.79 Å². The van der Waals surface area contributed by atoms with Crippen LogP contribution in [0.4, 0.5) is 0 Å². The Bertz CT molecular complexity index is 524. The lowest BCUT2D eigenvalue weighted by atomic mass is 10.3. The highest BCUT2D eigenvalue weighted by Gasteiger charge is 2.17. The van der Waals surface area contributed by atoms with E-state index in [-0.39, 0.29) is 18.3 Å². The molecule has 88 valence electrons. The fourth-order valence-corrected chi connectivity index (χ4v) is 1.22. The fourth-order valence-electron chi connectivity index (χ4n) is 1.11. The Morgan fingerprint density at radius 1 is 1.53 bits per heavy atom. The third-order valence-corrected chi connectivity index (χ3v) is 2.06. The molecule has 2 rings (SSSR count). The SMILES string of the molecule is CCOC(=O)c1nc(-c2ccc(Cl)cn2)no1. The maximum atomic E-state index is 11.3. The Morgan fingerprint density at radius 3 is 3.00 bits per heavy atom. The zero-order chi connectivity index (χ0) is 12.3. The van der Waals surface area contributed by atoms with Gasteiger partial charge in [0.25, 0.3) is 0 Å². The van der Waals surface area contributed by atoms with E-state index in [1.54, 1.807) is 19.1 Å². The fraction of sp³-hybridized carbons (Fsp3) is 0.200. The lowest BCUT2D eigenvalue weighted by molar-refractivity contribution is 0.0470. The third-order valence-electron chi connectivity index (χ3n) is 1.83. The molecule has 0 radical (unpaired) electrons. The molecule has 6 nitrogen and oxygen atoms in total. The smallest absolute Gasteiger partial charge is 0.397 e. The summed E-state index contributed by atoms with van der Waals surface area (Å²) in [5, 5.41) is 4.13. The van der Waals surface area contributed by atoms with Crippen molar-refractivity contribution >= 4 is 17.6 Å². The number of ether oxygens (including phenoxy) is 1. The number of esters is 1. The van der Waals surface area contributed by atoms with Crippen LogP contribution in [0.1, 0.15) is 17.6 Å². The van der Waals surface area contributed by atoms with E-state index in [9.17, 15) is 4.79 Å². The normalized spacial score (nSPS) is 10.2. The molecule has 0 bridgehead atoms. The number of halogens is 1. The van der Waals surface area contributed by atoms with E-state index in [1.807, 2.05) is 0 Å². The second-order valence-electron chi connectivity index (χ2n) is 3.01. The van der Waals surface area contributed by atoms with Gasteiger partial charge in [0.15, 0.2) is 0 Å². The number of rotatable bonds is 3. The molecule has 0 saturated carbocycles. The first-order chi connectivity index (χ1) is 8.20. The molecule has 0 amide bonds. The van der Waals surface area contributed by atoms with Crippen LogP contribution in [-0.4, -0.2) is 27.7 Å². The summed E-state index contributed by atoms with van der Waals surface area (Å²) in [5.41, 5.74) is 0.466. The summed E-state index contributed by atoms with van der Waals surface area (Å²) in [5.74, 6) is -0.636. The largest absolute Gasteiger partial charge is 0.459 e. The van der Waals surface area contributed by atoms with Gasteiger partial charge in [-0.3, -0.25) is 4.98 Å². The van der Waals surface area contributed by atoms with Crippen molar-refractivity contribution in [2.45, 2.75) is 6.92 Å². The number of pyridine rings is 1. The highest BCUT2D eigenvalue weighted by Crippen LogP contribution is 2.15. The van der Waals surface area contributed by atoms with Gasteiger partial charge in [0.05, 0.1) is 11.6 Å². The van der Waals surface area contributed by atoms with Crippen LogP contribution in [0.2, 0.25) is 5.02 Å². The second-order valence-corrected chi connectivity index (χ2v) is 3.44. The minimum absolute atomic E-state index is 0.196. The van der Waals surface area contributed by atoms with Crippen LogP contribution >= 0.6 is 11.6 Å². The summed E-state index contributed by atoms with van der Waals surface area (Å²) in [6.45, 7) is 1.94. The molecule has 0 N–H and O–H groups in total. The molecule has 2 aromatic rings. The zero-order valence-corrected chi connectivity index (χ0v) is 9.64. The van der Waals surface area contributed by atoms with E-state index in [1.165, 1.54) is 6.20 Å². The minimum Gasteiger partial charge on any atom is -0.459 e. The molecule has 0 aliphatic heterocycles. The van der Waals surface area contributed by atoms with Crippen LogP contribution in [0.25, 0.3) is 11.5 Å². The Labute approximate surface area is 102 Å². The summed E-state index contributed by atoms with van der Waals surface area (Å²) < 4.78 is 9.47. The average Bonchev–Trinajstić information content (AvgIpc) is 2.80. The van der Waals surface area contributed by atoms with Gasteiger partial charge in [-0.15, -0.1) is 0 Å². The van der Waals surface area contributed by atoms with Crippen molar-refractivity contribution in [2.75, 3.05) is 6.61 Å². The second kappa shape index (κ2) is 4.92. The predicted molar refractivity (Wildman–Crippen MR) is 58.5 cm³/mol. The molecule has 0 saturated heterocycles. The first-order valence-corrected chi connectivity index (χ1v) is 5.21. The average molecular weight is 254 g/mol. The van der Waals surface area contributed by atoms with Crippen molar-refractivity contribution in [1.82, 2.24) is 15.1 Å². The highest BCUT2D eigenvalue weighted by atomic mass is 35.5. The van der Waals surface area contributed by atoms with Gasteiger partial charge in [0.1, 0.15) is 5.69 Å². The number of hydrogen-bond acceptors (Lipinski definition) is 6. The van der Waals surface area contributed by atoms with Gasteiger partial charge in [0, 0.05) is 6.20 Å². The number of carbonyl (C=O) groups excluding carboxylic acids is 1. The first-order valence-electron chi connectivity index (χ1n) is 4.83. The summed E-state index contributed by atoms with van der Waals surface area (Å²) in [6.07, 6.45) is 1.46. The Kier molecular flexibility index (Phi) is 3.34. The Hall–Kier alpha value is -1.95. The third kappa shape index (κ3) is 2.59. The van der Waals surface area contributed by atoms with E-state index in [0.29, 0.717) is 10.7 Å². The summed E-state index contributed by atoms with van der Waals surface area (Å²) in [7, 11) is 0. The van der Waals surface area contributed by atoms with Gasteiger partial charge in [-0.2, -0.15) is 4.98 Å². The van der Waals surface area contributed by atoms with E-state index < -0.39 is 5.97 Å². The number of carbonyl (C=O) groups is 1. The van der Waals surface area contributed by atoms with Gasteiger partial charge in [0.2, 0.25) is 5.82 Å². The van der Waals surface area contributed by atoms with Crippen LogP contribution in [0.3, 0.4) is 0 Å². The highest BCUT2D eigenvalue weighted by molar-refractivity contribution is 6.30. The van der Waals surface area contributed by atoms with Gasteiger partial charge in [-0.05, 0) is 19.1 Å². The minimum atomic E-state index is -0.653. The molecule has 0 aliphatic rings. The molecule has 0 unspecified atom stereocenters. The van der Waals surface area contributed by atoms with Crippen molar-refractivity contribution in [2.24, 2.45) is 0 Å². The summed E-state index contributed by atoms with van der Waals surface area (Å²) in [6, 6.07) is 3.27. The van der Waals surface area contributed by atoms with Gasteiger partial charge in [-0.1, -0.05) is 16.8 Å². The molecule has 0 aliphatic carbocycles. The van der Waals surface area contributed by atoms with Crippen molar-refractivity contribution in [3.63, 3.8) is 0 Å². The van der Waals surface area contributed by atoms with Crippen molar-refractivity contribution in [1.29, 1.82) is 0 Å². The maximum Gasteiger partial charge on any atom is 0.397 e. The molecule has 0 aromatic carbocycles. The van der Waals surface area contributed by atoms with Crippen molar-refractivity contribution in [3.05, 3.63) is 29.2 Å². The topological polar surface area (TPSA) is 78.1 Å². The molecular formula is C10H8ClN3O3. The van der Waals surface area contributed by atoms with Gasteiger partial charge >= 0.3 is 11.9 Å². The van der Waals surface area contributed by atoms with Crippen LogP contribution in [0, 0.1) is 0 Å². The Morgan fingerprint density at radius 2 is 2.35 bits per heavy atom. The maximum absolute atomic E-state index is 11.3. The number of hydrogen-bond donors (Lipinski definition) is 0. The zero-order valence-electron chi connectivity index (χ0n) is 8.88. The van der Waals surface area contributed by atoms with Crippen LogP contribution in [0.15, 0.2) is 22.9 Å². The lowest BCUT2D eigenvalue weighted by Gasteiger charge is -1.94. The first kappa shape index (κ1) is 11.5. The predicted octanol–water partition coefficient (Wildman–Crippen LogP) is 1.96. The summed E-state index contributed by atoms with van der Waals surface area (Å²) in [4.78, 5) is 19.2. The van der Waals surface area contributed by atoms with Crippen LogP contribution in [-0.2, 0) is 4.74 Å². The summed E-state index contributed by atoms with van der Waals surface area (Å²) >= 11 is 5.70. The van der Waals surface area contributed by atoms with E-state index in [0.717, 1.165) is 0 Å². The number of nitrogens with zero attached hydrogens (tertiary/aromatic N) is 3. The monoisotopic (exact) mass is 253 g/mol. The van der Waals surface area contributed by atoms with Crippen LogP contribution in [0.5, 0.6) is 0 Å². The molecular weight excluding hydrogens is 246 g/mol. The van der Waals surface area contributed by atoms with Crippen LogP contribution < -0.4 is 0 Å². The van der Waals surface area contributed by atoms with Gasteiger partial charge < -0.3 is 9.26 Å². The molecule has 0 atom stereocenters. The molecule has 0 spiro atoms. The molecule has 7 heteroatoms. The molecule has 2 heterocycles. The van der Waals surface area contributed by atoms with E-state index in [2.05, 4.69) is 15.1 Å². The van der Waals surface area contributed by atoms with Crippen molar-refractivity contribution in [3.8, 4) is 11.5 Å². The molecule has 0 fully saturated rings. The van der Waals surface area contributed by atoms with Crippen molar-refractivity contribution < 1.29 is 14.1 Å². The van der Waals surface area contributed by atoms with E-state index >= 15 is 0 Å². The molecule has 2 aromatic heterocycles. The standard InChI is InChI=1S/C10H8ClN3O3/c1-2-16-10(15)9-13-8(14-17-9)7-4-3-6(11)5-12-7/h3-5H,2H2,1H3. The number of aromatic nitrogens is 3. The molecule has 17 heavy (non-hydrogen) atoms. The quantitative estimate of drug-likeness (QED) is 0.778. The van der Waals surface area contributed by atoms with E-state index in [4.69, 9.17) is 20.9 Å². The lowest BCUT2D eigenvalue weighted by Crippen LogP contribution is -2.04.